The quantitative estimate of drug-likeness (QED) is 0.862. The molecule has 2 heterocycles. The molecule has 4 rings (SSSR count). The molecule has 136 valence electrons. The molecule has 1 aromatic rings. The van der Waals surface area contributed by atoms with Crippen molar-refractivity contribution in [2.45, 2.75) is 44.4 Å². The van der Waals surface area contributed by atoms with Gasteiger partial charge < -0.3 is 20.1 Å². The second kappa shape index (κ2) is 6.87. The molecule has 1 aromatic carbocycles. The molecule has 0 aromatic heterocycles. The first-order valence-corrected chi connectivity index (χ1v) is 9.56. The lowest BCUT2D eigenvalue weighted by Crippen LogP contribution is -2.51. The minimum atomic E-state index is 0.0203. The van der Waals surface area contributed by atoms with Crippen molar-refractivity contribution < 1.29 is 14.3 Å². The van der Waals surface area contributed by atoms with Crippen LogP contribution in [0.25, 0.3) is 0 Å². The molecule has 2 aliphatic heterocycles. The molecule has 2 N–H and O–H groups in total. The Morgan fingerprint density at radius 3 is 2.72 bits per heavy atom. The number of hydrogen-bond acceptors (Lipinski definition) is 4. The van der Waals surface area contributed by atoms with Crippen LogP contribution in [0.2, 0.25) is 0 Å². The van der Waals surface area contributed by atoms with Gasteiger partial charge in [-0.25, -0.2) is 0 Å². The maximum atomic E-state index is 12.6. The molecule has 1 amide bonds. The van der Waals surface area contributed by atoms with Gasteiger partial charge in [0.05, 0.1) is 0 Å². The fourth-order valence-corrected chi connectivity index (χ4v) is 4.32. The van der Waals surface area contributed by atoms with Crippen molar-refractivity contribution in [2.75, 3.05) is 26.4 Å². The zero-order valence-electron chi connectivity index (χ0n) is 15.0. The highest BCUT2D eigenvalue weighted by atomic mass is 16.7. The summed E-state index contributed by atoms with van der Waals surface area (Å²) in [6, 6.07) is 6.29. The number of rotatable bonds is 5. The van der Waals surface area contributed by atoms with E-state index in [9.17, 15) is 4.79 Å². The smallest absolute Gasteiger partial charge is 0.231 e. The van der Waals surface area contributed by atoms with Crippen molar-refractivity contribution in [3.63, 3.8) is 0 Å². The van der Waals surface area contributed by atoms with Gasteiger partial charge in [-0.15, -0.1) is 0 Å². The maximum absolute atomic E-state index is 12.6. The van der Waals surface area contributed by atoms with Crippen molar-refractivity contribution in [3.8, 4) is 11.5 Å². The number of fused-ring (bicyclic) bond motifs is 1. The first-order chi connectivity index (χ1) is 12.2. The van der Waals surface area contributed by atoms with Crippen LogP contribution in [-0.2, 0) is 10.2 Å². The number of carbonyl (C=O) groups excluding carboxylic acids is 1. The summed E-state index contributed by atoms with van der Waals surface area (Å²) in [5.74, 6) is 2.41. The van der Waals surface area contributed by atoms with Crippen LogP contribution in [0.5, 0.6) is 11.5 Å². The summed E-state index contributed by atoms with van der Waals surface area (Å²) in [4.78, 5) is 12.6. The summed E-state index contributed by atoms with van der Waals surface area (Å²) < 4.78 is 11.0. The topological polar surface area (TPSA) is 59.6 Å². The Hall–Kier alpha value is -1.75. The monoisotopic (exact) mass is 344 g/mol. The highest BCUT2D eigenvalue weighted by Crippen LogP contribution is 2.43. The highest BCUT2D eigenvalue weighted by Gasteiger charge is 2.36. The molecule has 0 radical (unpaired) electrons. The van der Waals surface area contributed by atoms with Crippen LogP contribution < -0.4 is 20.1 Å². The van der Waals surface area contributed by atoms with Gasteiger partial charge in [-0.2, -0.15) is 0 Å². The number of carbonyl (C=O) groups is 1. The average Bonchev–Trinajstić information content (AvgIpc) is 3.06. The number of benzene rings is 1. The van der Waals surface area contributed by atoms with Gasteiger partial charge in [0.1, 0.15) is 0 Å². The standard InChI is InChI=1S/C20H28N2O3/c1-14(15-10-21-11-15)19(23)22-12-20(7-3-2-4-8-20)16-5-6-17-18(9-16)25-13-24-17/h5-6,9,14-15,21H,2-4,7-8,10-13H2,1H3,(H,22,23). The van der Waals surface area contributed by atoms with Crippen LogP contribution in [0.1, 0.15) is 44.6 Å². The van der Waals surface area contributed by atoms with Crippen molar-refractivity contribution >= 4 is 5.91 Å². The Bertz CT molecular complexity index is 636. The normalized spacial score (nSPS) is 22.9. The lowest BCUT2D eigenvalue weighted by Gasteiger charge is -2.39. The second-order valence-electron chi connectivity index (χ2n) is 7.83. The number of ether oxygens (including phenoxy) is 2. The van der Waals surface area contributed by atoms with E-state index < -0.39 is 0 Å². The lowest BCUT2D eigenvalue weighted by atomic mass is 9.69. The molecule has 0 bridgehead atoms. The SMILES string of the molecule is CC(C(=O)NCC1(c2ccc3c(c2)OCO3)CCCCC1)C1CNC1. The van der Waals surface area contributed by atoms with Crippen LogP contribution in [0.15, 0.2) is 18.2 Å². The maximum Gasteiger partial charge on any atom is 0.231 e. The lowest BCUT2D eigenvalue weighted by molar-refractivity contribution is -0.127. The zero-order chi connectivity index (χ0) is 17.3. The highest BCUT2D eigenvalue weighted by molar-refractivity contribution is 5.79. The summed E-state index contributed by atoms with van der Waals surface area (Å²) in [7, 11) is 0. The minimum Gasteiger partial charge on any atom is -0.454 e. The second-order valence-corrected chi connectivity index (χ2v) is 7.83. The first-order valence-electron chi connectivity index (χ1n) is 9.56. The van der Waals surface area contributed by atoms with E-state index in [0.29, 0.717) is 12.7 Å². The molecule has 1 atom stereocenters. The van der Waals surface area contributed by atoms with Gasteiger partial charge in [0.15, 0.2) is 11.5 Å². The van der Waals surface area contributed by atoms with E-state index in [1.165, 1.54) is 24.8 Å². The molecule has 1 aliphatic carbocycles. The predicted octanol–water partition coefficient (Wildman–Crippen LogP) is 2.59. The molecule has 1 saturated carbocycles. The summed E-state index contributed by atoms with van der Waals surface area (Å²) in [5, 5.41) is 6.52. The van der Waals surface area contributed by atoms with Gasteiger partial charge in [0.2, 0.25) is 12.7 Å². The van der Waals surface area contributed by atoms with Gasteiger partial charge in [0.25, 0.3) is 0 Å². The number of amides is 1. The Morgan fingerprint density at radius 2 is 2.00 bits per heavy atom. The predicted molar refractivity (Wildman–Crippen MR) is 95.9 cm³/mol. The summed E-state index contributed by atoms with van der Waals surface area (Å²) >= 11 is 0. The fourth-order valence-electron chi connectivity index (χ4n) is 4.32. The first kappa shape index (κ1) is 16.7. The third-order valence-corrected chi connectivity index (χ3v) is 6.33. The van der Waals surface area contributed by atoms with Crippen LogP contribution in [-0.4, -0.2) is 32.3 Å². The molecule has 5 heteroatoms. The van der Waals surface area contributed by atoms with E-state index in [0.717, 1.165) is 44.0 Å². The molecule has 5 nitrogen and oxygen atoms in total. The van der Waals surface area contributed by atoms with Gasteiger partial charge >= 0.3 is 0 Å². The third-order valence-electron chi connectivity index (χ3n) is 6.33. The van der Waals surface area contributed by atoms with Crippen LogP contribution in [0.3, 0.4) is 0 Å². The summed E-state index contributed by atoms with van der Waals surface area (Å²) in [6.07, 6.45) is 5.95. The van der Waals surface area contributed by atoms with Crippen molar-refractivity contribution in [1.82, 2.24) is 10.6 Å². The van der Waals surface area contributed by atoms with E-state index >= 15 is 0 Å². The Morgan fingerprint density at radius 1 is 1.24 bits per heavy atom. The largest absolute Gasteiger partial charge is 0.454 e. The molecular weight excluding hydrogens is 316 g/mol. The summed E-state index contributed by atoms with van der Waals surface area (Å²) in [6.45, 7) is 4.99. The Kier molecular flexibility index (Phi) is 4.59. The van der Waals surface area contributed by atoms with Crippen LogP contribution >= 0.6 is 0 Å². The fraction of sp³-hybridized carbons (Fsp3) is 0.650. The average molecular weight is 344 g/mol. The van der Waals surface area contributed by atoms with Crippen molar-refractivity contribution in [2.24, 2.45) is 11.8 Å². The Labute approximate surface area is 149 Å². The van der Waals surface area contributed by atoms with Crippen molar-refractivity contribution in [3.05, 3.63) is 23.8 Å². The number of hydrogen-bond donors (Lipinski definition) is 2. The molecule has 25 heavy (non-hydrogen) atoms. The molecule has 1 saturated heterocycles. The molecule has 2 fully saturated rings. The van der Waals surface area contributed by atoms with E-state index in [1.807, 2.05) is 6.07 Å². The molecule has 1 unspecified atom stereocenters. The van der Waals surface area contributed by atoms with Gasteiger partial charge in [-0.1, -0.05) is 32.3 Å². The van der Waals surface area contributed by atoms with Gasteiger partial charge in [-0.05, 0) is 49.5 Å². The molecular formula is C20H28N2O3. The molecule has 0 spiro atoms. The van der Waals surface area contributed by atoms with Gasteiger partial charge in [0, 0.05) is 17.9 Å². The third kappa shape index (κ3) is 3.22. The van der Waals surface area contributed by atoms with E-state index in [1.54, 1.807) is 0 Å². The van der Waals surface area contributed by atoms with E-state index in [2.05, 4.69) is 29.7 Å². The Balaban J connectivity index is 1.50. The van der Waals surface area contributed by atoms with Gasteiger partial charge in [-0.3, -0.25) is 4.79 Å². The molecule has 3 aliphatic rings. The zero-order valence-corrected chi connectivity index (χ0v) is 15.0. The summed E-state index contributed by atoms with van der Waals surface area (Å²) in [5.41, 5.74) is 1.29. The van der Waals surface area contributed by atoms with E-state index in [4.69, 9.17) is 9.47 Å². The van der Waals surface area contributed by atoms with Crippen LogP contribution in [0, 0.1) is 11.8 Å². The number of nitrogens with one attached hydrogen (secondary N) is 2. The van der Waals surface area contributed by atoms with Crippen LogP contribution in [0.4, 0.5) is 0 Å². The van der Waals surface area contributed by atoms with E-state index in [-0.39, 0.29) is 17.2 Å². The minimum absolute atomic E-state index is 0.0203. The van der Waals surface area contributed by atoms with Crippen molar-refractivity contribution in [1.29, 1.82) is 0 Å².